The molecule has 0 unspecified atom stereocenters. The highest BCUT2D eigenvalue weighted by Gasteiger charge is 2.22. The van der Waals surface area contributed by atoms with Gasteiger partial charge in [-0.15, -0.1) is 11.3 Å². The van der Waals surface area contributed by atoms with Crippen LogP contribution in [0.25, 0.3) is 16.0 Å². The number of nitrogens with zero attached hydrogens (tertiary/aromatic N) is 2. The van der Waals surface area contributed by atoms with E-state index in [1.54, 1.807) is 11.3 Å². The molecule has 0 atom stereocenters. The molecule has 31 heavy (non-hydrogen) atoms. The minimum absolute atomic E-state index is 0.0547. The second-order valence-corrected chi connectivity index (χ2v) is 9.72. The topological polar surface area (TPSA) is 52.0 Å². The molecule has 2 aromatic carbocycles. The van der Waals surface area contributed by atoms with E-state index < -0.39 is 0 Å². The molecular weight excluding hydrogens is 424 g/mol. The van der Waals surface area contributed by atoms with Crippen LogP contribution in [0, 0.1) is 0 Å². The molecule has 4 nitrogen and oxygen atoms in total. The Morgan fingerprint density at radius 1 is 0.968 bits per heavy atom. The van der Waals surface area contributed by atoms with Crippen LogP contribution in [0.1, 0.15) is 40.1 Å². The van der Waals surface area contributed by atoms with Gasteiger partial charge < -0.3 is 0 Å². The van der Waals surface area contributed by atoms with Crippen molar-refractivity contribution in [2.75, 3.05) is 5.75 Å². The normalized spacial score (nSPS) is 13.7. The fraction of sp³-hybridized carbons (Fsp3) is 0.240. The molecule has 5 rings (SSSR count). The van der Waals surface area contributed by atoms with Crippen molar-refractivity contribution in [1.82, 2.24) is 9.55 Å². The third-order valence-corrected chi connectivity index (χ3v) is 7.83. The Bertz CT molecular complexity index is 1290. The average molecular weight is 447 g/mol. The number of thioether (sulfide) groups is 1. The van der Waals surface area contributed by atoms with Gasteiger partial charge in [-0.05, 0) is 37.8 Å². The molecule has 2 aromatic heterocycles. The van der Waals surface area contributed by atoms with E-state index in [0.29, 0.717) is 16.2 Å². The smallest absolute Gasteiger partial charge is 0.211 e. The summed E-state index contributed by atoms with van der Waals surface area (Å²) in [5, 5.41) is 0.694. The van der Waals surface area contributed by atoms with Gasteiger partial charge in [0.2, 0.25) is 5.43 Å². The summed E-state index contributed by atoms with van der Waals surface area (Å²) in [5.41, 5.74) is 3.20. The first-order valence-electron chi connectivity index (χ1n) is 10.6. The lowest BCUT2D eigenvalue weighted by Gasteiger charge is -2.09. The van der Waals surface area contributed by atoms with Crippen molar-refractivity contribution in [2.24, 2.45) is 0 Å². The molecule has 0 fully saturated rings. The molecule has 6 heteroatoms. The number of aromatic nitrogens is 2. The average Bonchev–Trinajstić information content (AvgIpc) is 3.00. The van der Waals surface area contributed by atoms with Gasteiger partial charge in [-0.2, -0.15) is 0 Å². The van der Waals surface area contributed by atoms with Crippen molar-refractivity contribution < 1.29 is 4.79 Å². The second kappa shape index (κ2) is 8.81. The molecule has 0 amide bonds. The number of ketones is 1. The van der Waals surface area contributed by atoms with E-state index in [1.165, 1.54) is 23.1 Å². The second-order valence-electron chi connectivity index (χ2n) is 7.69. The summed E-state index contributed by atoms with van der Waals surface area (Å²) in [6, 6.07) is 19.3. The summed E-state index contributed by atoms with van der Waals surface area (Å²) >= 11 is 3.09. The van der Waals surface area contributed by atoms with E-state index in [2.05, 4.69) is 4.57 Å². The number of hydrogen-bond donors (Lipinski definition) is 0. The largest absolute Gasteiger partial charge is 0.293 e. The van der Waals surface area contributed by atoms with Crippen LogP contribution < -0.4 is 5.43 Å². The maximum atomic E-state index is 13.3. The highest BCUT2D eigenvalue weighted by Crippen LogP contribution is 2.33. The number of imidazole rings is 1. The number of para-hydroxylation sites is 1. The van der Waals surface area contributed by atoms with Crippen LogP contribution in [0.4, 0.5) is 0 Å². The number of aryl methyl sites for hydroxylation is 1. The fourth-order valence-electron chi connectivity index (χ4n) is 4.03. The lowest BCUT2D eigenvalue weighted by molar-refractivity contribution is 0.102. The van der Waals surface area contributed by atoms with E-state index >= 15 is 0 Å². The van der Waals surface area contributed by atoms with Crippen LogP contribution in [0.3, 0.4) is 0 Å². The first-order chi connectivity index (χ1) is 15.2. The number of carbonyl (C=O) groups excluding carboxylic acids is 1. The lowest BCUT2D eigenvalue weighted by Crippen LogP contribution is -2.11. The Hall–Kier alpha value is -2.70. The van der Waals surface area contributed by atoms with E-state index in [-0.39, 0.29) is 17.0 Å². The standard InChI is InChI=1S/C25H22N2O2S2/c28-20(17-10-4-1-5-11-17)16-30-25-26-22-23(29)19-14-8-3-9-15-21(19)31-24(22)27(25)18-12-6-2-7-13-18/h1-2,4-7,10-13H,3,8-9,14-16H2. The predicted molar refractivity (Wildman–Crippen MR) is 128 cm³/mol. The Labute approximate surface area is 189 Å². The first-order valence-corrected chi connectivity index (χ1v) is 12.4. The van der Waals surface area contributed by atoms with Crippen molar-refractivity contribution in [3.05, 3.63) is 86.9 Å². The van der Waals surface area contributed by atoms with Gasteiger partial charge in [-0.3, -0.25) is 14.2 Å². The zero-order valence-electron chi connectivity index (χ0n) is 17.0. The van der Waals surface area contributed by atoms with Crippen LogP contribution >= 0.6 is 23.1 Å². The highest BCUT2D eigenvalue weighted by molar-refractivity contribution is 7.99. The number of benzene rings is 2. The Morgan fingerprint density at radius 2 is 1.68 bits per heavy atom. The molecule has 4 aromatic rings. The fourth-order valence-corrected chi connectivity index (χ4v) is 6.32. The monoisotopic (exact) mass is 446 g/mol. The molecule has 0 saturated heterocycles. The van der Waals surface area contributed by atoms with E-state index in [4.69, 9.17) is 4.98 Å². The molecule has 156 valence electrons. The summed E-state index contributed by atoms with van der Waals surface area (Å²) in [5.74, 6) is 0.331. The summed E-state index contributed by atoms with van der Waals surface area (Å²) in [6.45, 7) is 0. The summed E-state index contributed by atoms with van der Waals surface area (Å²) < 4.78 is 2.05. The van der Waals surface area contributed by atoms with Gasteiger partial charge in [-0.1, -0.05) is 66.7 Å². The van der Waals surface area contributed by atoms with Crippen molar-refractivity contribution in [2.45, 2.75) is 37.3 Å². The SMILES string of the molecule is O=C(CSc1nc2c(=O)c3c(sc2n1-c1ccccc1)CCCCC3)c1ccccc1. The number of carbonyl (C=O) groups is 1. The van der Waals surface area contributed by atoms with Gasteiger partial charge in [0.1, 0.15) is 10.3 Å². The van der Waals surface area contributed by atoms with Gasteiger partial charge in [0, 0.05) is 21.7 Å². The van der Waals surface area contributed by atoms with Crippen LogP contribution in [0.15, 0.2) is 70.6 Å². The Kier molecular flexibility index (Phi) is 5.74. The van der Waals surface area contributed by atoms with E-state index in [0.717, 1.165) is 41.8 Å². The first kappa shape index (κ1) is 20.2. The van der Waals surface area contributed by atoms with Crippen molar-refractivity contribution in [1.29, 1.82) is 0 Å². The lowest BCUT2D eigenvalue weighted by atomic mass is 10.1. The predicted octanol–water partition coefficient (Wildman–Crippen LogP) is 5.69. The van der Waals surface area contributed by atoms with Crippen molar-refractivity contribution in [3.8, 4) is 5.69 Å². The minimum Gasteiger partial charge on any atom is -0.293 e. The number of hydrogen-bond acceptors (Lipinski definition) is 5. The van der Waals surface area contributed by atoms with Gasteiger partial charge in [-0.25, -0.2) is 4.98 Å². The quantitative estimate of drug-likeness (QED) is 0.224. The van der Waals surface area contributed by atoms with Gasteiger partial charge in [0.05, 0.1) is 5.75 Å². The molecule has 1 aliphatic carbocycles. The van der Waals surface area contributed by atoms with Gasteiger partial charge >= 0.3 is 0 Å². The third-order valence-electron chi connectivity index (χ3n) is 5.62. The van der Waals surface area contributed by atoms with Crippen LogP contribution in [0.5, 0.6) is 0 Å². The Morgan fingerprint density at radius 3 is 2.45 bits per heavy atom. The molecule has 0 spiro atoms. The minimum atomic E-state index is 0.0547. The molecule has 0 radical (unpaired) electrons. The van der Waals surface area contributed by atoms with E-state index in [1.807, 2.05) is 60.7 Å². The molecule has 0 saturated carbocycles. The van der Waals surface area contributed by atoms with Crippen LogP contribution in [-0.4, -0.2) is 21.1 Å². The van der Waals surface area contributed by atoms with Gasteiger partial charge in [0.25, 0.3) is 0 Å². The molecule has 0 N–H and O–H groups in total. The summed E-state index contributed by atoms with van der Waals surface area (Å²) in [4.78, 5) is 32.9. The van der Waals surface area contributed by atoms with Crippen molar-refractivity contribution >= 4 is 39.2 Å². The summed E-state index contributed by atoms with van der Waals surface area (Å²) in [6.07, 6.45) is 5.15. The highest BCUT2D eigenvalue weighted by atomic mass is 32.2. The number of fused-ring (bicyclic) bond motifs is 2. The number of Topliss-reactive ketones (excluding diaryl/α,β-unsaturated/α-hetero) is 1. The third kappa shape index (κ3) is 3.98. The zero-order chi connectivity index (χ0) is 21.2. The zero-order valence-corrected chi connectivity index (χ0v) is 18.7. The maximum absolute atomic E-state index is 13.3. The molecule has 0 bridgehead atoms. The van der Waals surface area contributed by atoms with Crippen LogP contribution in [-0.2, 0) is 12.8 Å². The maximum Gasteiger partial charge on any atom is 0.211 e. The van der Waals surface area contributed by atoms with E-state index in [9.17, 15) is 9.59 Å². The Balaban J connectivity index is 1.61. The van der Waals surface area contributed by atoms with Crippen LogP contribution in [0.2, 0.25) is 0 Å². The molecular formula is C25H22N2O2S2. The number of rotatable bonds is 5. The van der Waals surface area contributed by atoms with Gasteiger partial charge in [0.15, 0.2) is 10.9 Å². The summed E-state index contributed by atoms with van der Waals surface area (Å²) in [7, 11) is 0. The molecule has 0 aliphatic heterocycles. The molecule has 1 aliphatic rings. The molecule has 2 heterocycles. The van der Waals surface area contributed by atoms with Crippen molar-refractivity contribution in [3.63, 3.8) is 0 Å².